The molecular weight excluding hydrogens is 290 g/mol. The molecule has 2 aromatic rings. The zero-order valence-corrected chi connectivity index (χ0v) is 13.0. The van der Waals surface area contributed by atoms with E-state index in [0.29, 0.717) is 11.4 Å². The Morgan fingerprint density at radius 2 is 1.83 bits per heavy atom. The third-order valence-corrected chi connectivity index (χ3v) is 3.21. The number of para-hydroxylation sites is 3. The molecule has 0 unspecified atom stereocenters. The number of benzene rings is 2. The van der Waals surface area contributed by atoms with Crippen LogP contribution in [-0.2, 0) is 4.79 Å². The third-order valence-electron chi connectivity index (χ3n) is 3.21. The number of hydrogen-bond donors (Lipinski definition) is 1. The largest absolute Gasteiger partial charge is 0.495 e. The van der Waals surface area contributed by atoms with Crippen molar-refractivity contribution in [1.82, 2.24) is 0 Å². The van der Waals surface area contributed by atoms with E-state index < -0.39 is 5.91 Å². The van der Waals surface area contributed by atoms with Crippen LogP contribution in [0.5, 0.6) is 5.75 Å². The van der Waals surface area contributed by atoms with Gasteiger partial charge in [-0.3, -0.25) is 4.79 Å². The maximum Gasteiger partial charge on any atom is 0.267 e. The summed E-state index contributed by atoms with van der Waals surface area (Å²) < 4.78 is 5.18. The van der Waals surface area contributed by atoms with Crippen LogP contribution >= 0.6 is 0 Å². The second kappa shape index (κ2) is 7.66. The van der Waals surface area contributed by atoms with Crippen LogP contribution in [0.4, 0.5) is 11.4 Å². The van der Waals surface area contributed by atoms with Crippen molar-refractivity contribution in [3.8, 4) is 11.8 Å². The minimum atomic E-state index is -0.486. The minimum absolute atomic E-state index is 0.00209. The Kier molecular flexibility index (Phi) is 5.37. The van der Waals surface area contributed by atoms with Crippen LogP contribution in [0.1, 0.15) is 0 Å². The monoisotopic (exact) mass is 307 g/mol. The van der Waals surface area contributed by atoms with E-state index in [1.165, 1.54) is 13.3 Å². The summed E-state index contributed by atoms with van der Waals surface area (Å²) in [5, 5.41) is 11.9. The van der Waals surface area contributed by atoms with Gasteiger partial charge in [0.2, 0.25) is 0 Å². The summed E-state index contributed by atoms with van der Waals surface area (Å²) in [5.41, 5.74) is 1.40. The lowest BCUT2D eigenvalue weighted by Crippen LogP contribution is -2.18. The number of carbonyl (C=O) groups excluding carboxylic acids is 1. The molecule has 0 bridgehead atoms. The van der Waals surface area contributed by atoms with Gasteiger partial charge in [0.05, 0.1) is 12.8 Å². The second-order valence-electron chi connectivity index (χ2n) is 4.76. The van der Waals surface area contributed by atoms with Gasteiger partial charge < -0.3 is 15.0 Å². The van der Waals surface area contributed by atoms with Gasteiger partial charge in [0, 0.05) is 18.9 Å². The number of hydrogen-bond acceptors (Lipinski definition) is 4. The molecule has 0 aliphatic carbocycles. The summed E-state index contributed by atoms with van der Waals surface area (Å²) in [6.07, 6.45) is 1.50. The van der Waals surface area contributed by atoms with Gasteiger partial charge in [-0.2, -0.15) is 5.26 Å². The van der Waals surface area contributed by atoms with Crippen molar-refractivity contribution in [2.24, 2.45) is 0 Å². The fraction of sp³-hybridized carbons (Fsp3) is 0.111. The van der Waals surface area contributed by atoms with E-state index in [4.69, 9.17) is 4.74 Å². The molecule has 23 heavy (non-hydrogen) atoms. The Bertz CT molecular complexity index is 748. The van der Waals surface area contributed by atoms with Gasteiger partial charge in [-0.25, -0.2) is 0 Å². The lowest BCUT2D eigenvalue weighted by atomic mass is 10.2. The van der Waals surface area contributed by atoms with Gasteiger partial charge >= 0.3 is 0 Å². The van der Waals surface area contributed by atoms with Crippen LogP contribution in [0.3, 0.4) is 0 Å². The van der Waals surface area contributed by atoms with Crippen molar-refractivity contribution in [2.75, 3.05) is 24.4 Å². The first-order valence-electron chi connectivity index (χ1n) is 7.00. The van der Waals surface area contributed by atoms with E-state index in [-0.39, 0.29) is 5.57 Å². The predicted molar refractivity (Wildman–Crippen MR) is 90.2 cm³/mol. The second-order valence-corrected chi connectivity index (χ2v) is 4.76. The molecule has 1 N–H and O–H groups in total. The summed E-state index contributed by atoms with van der Waals surface area (Å²) >= 11 is 0. The van der Waals surface area contributed by atoms with Gasteiger partial charge in [-0.1, -0.05) is 30.3 Å². The summed E-state index contributed by atoms with van der Waals surface area (Å²) in [6, 6.07) is 18.4. The number of methoxy groups -OCH3 is 1. The van der Waals surface area contributed by atoms with Crippen LogP contribution in [0, 0.1) is 11.3 Å². The number of nitrogens with one attached hydrogen (secondary N) is 1. The molecule has 0 aliphatic heterocycles. The quantitative estimate of drug-likeness (QED) is 0.680. The van der Waals surface area contributed by atoms with E-state index in [1.54, 1.807) is 36.2 Å². The first-order valence-corrected chi connectivity index (χ1v) is 7.00. The first-order chi connectivity index (χ1) is 11.2. The fourth-order valence-electron chi connectivity index (χ4n) is 2.01. The molecule has 0 atom stereocenters. The molecule has 0 spiro atoms. The molecule has 0 fully saturated rings. The third kappa shape index (κ3) is 4.11. The Balaban J connectivity index is 2.19. The Morgan fingerprint density at radius 1 is 1.17 bits per heavy atom. The molecule has 5 nitrogen and oxygen atoms in total. The van der Waals surface area contributed by atoms with Crippen LogP contribution < -0.4 is 15.0 Å². The van der Waals surface area contributed by atoms with Crippen molar-refractivity contribution < 1.29 is 9.53 Å². The fourth-order valence-corrected chi connectivity index (χ4v) is 2.01. The van der Waals surface area contributed by atoms with Crippen molar-refractivity contribution >= 4 is 17.3 Å². The van der Waals surface area contributed by atoms with Crippen molar-refractivity contribution in [2.45, 2.75) is 0 Å². The summed E-state index contributed by atoms with van der Waals surface area (Å²) in [4.78, 5) is 14.0. The number of nitrogens with zero attached hydrogens (tertiary/aromatic N) is 2. The van der Waals surface area contributed by atoms with E-state index >= 15 is 0 Å². The predicted octanol–water partition coefficient (Wildman–Crippen LogP) is 3.18. The van der Waals surface area contributed by atoms with Gasteiger partial charge in [0.15, 0.2) is 0 Å². The molecule has 1 amide bonds. The smallest absolute Gasteiger partial charge is 0.267 e. The molecule has 0 saturated heterocycles. The molecule has 116 valence electrons. The van der Waals surface area contributed by atoms with Crippen LogP contribution in [0.2, 0.25) is 0 Å². The Hall–Kier alpha value is -3.26. The number of nitriles is 1. The maximum absolute atomic E-state index is 12.3. The zero-order chi connectivity index (χ0) is 16.7. The number of anilines is 2. The first kappa shape index (κ1) is 16.1. The normalized spacial score (nSPS) is 10.6. The van der Waals surface area contributed by atoms with Gasteiger partial charge in [0.1, 0.15) is 17.4 Å². The highest BCUT2D eigenvalue weighted by Crippen LogP contribution is 2.23. The standard InChI is InChI=1S/C18H17N3O2/c1-21(15-8-4-3-5-9-15)13-14(12-19)18(22)20-16-10-6-7-11-17(16)23-2/h3-11,13H,1-2H3,(H,20,22)/b14-13-. The van der Waals surface area contributed by atoms with Crippen molar-refractivity contribution in [3.05, 3.63) is 66.4 Å². The molecule has 2 aromatic carbocycles. The molecule has 0 radical (unpaired) electrons. The SMILES string of the molecule is COc1ccccc1NC(=O)/C(C#N)=C\N(C)c1ccccc1. The molecule has 2 rings (SSSR count). The highest BCUT2D eigenvalue weighted by atomic mass is 16.5. The van der Waals surface area contributed by atoms with E-state index in [0.717, 1.165) is 5.69 Å². The molecule has 0 aliphatic rings. The number of rotatable bonds is 5. The lowest BCUT2D eigenvalue weighted by Gasteiger charge is -2.15. The highest BCUT2D eigenvalue weighted by molar-refractivity contribution is 6.07. The van der Waals surface area contributed by atoms with Gasteiger partial charge in [-0.15, -0.1) is 0 Å². The van der Waals surface area contributed by atoms with Gasteiger partial charge in [-0.05, 0) is 24.3 Å². The average Bonchev–Trinajstić information content (AvgIpc) is 2.60. The maximum atomic E-state index is 12.3. The van der Waals surface area contributed by atoms with Crippen LogP contribution in [-0.4, -0.2) is 20.1 Å². The van der Waals surface area contributed by atoms with Gasteiger partial charge in [0.25, 0.3) is 5.91 Å². The van der Waals surface area contributed by atoms with E-state index in [2.05, 4.69) is 5.32 Å². The topological polar surface area (TPSA) is 65.4 Å². The molecule has 0 heterocycles. The number of amides is 1. The molecule has 0 saturated carbocycles. The van der Waals surface area contributed by atoms with Crippen LogP contribution in [0.25, 0.3) is 0 Å². The number of carbonyl (C=O) groups is 1. The lowest BCUT2D eigenvalue weighted by molar-refractivity contribution is -0.112. The highest BCUT2D eigenvalue weighted by Gasteiger charge is 2.13. The van der Waals surface area contributed by atoms with E-state index in [9.17, 15) is 10.1 Å². The summed E-state index contributed by atoms with van der Waals surface area (Å²) in [7, 11) is 3.30. The van der Waals surface area contributed by atoms with E-state index in [1.807, 2.05) is 36.4 Å². The van der Waals surface area contributed by atoms with Crippen LogP contribution in [0.15, 0.2) is 66.4 Å². The minimum Gasteiger partial charge on any atom is -0.495 e. The Labute approximate surface area is 135 Å². The van der Waals surface area contributed by atoms with Crippen molar-refractivity contribution in [1.29, 1.82) is 5.26 Å². The average molecular weight is 307 g/mol. The zero-order valence-electron chi connectivity index (χ0n) is 13.0. The molecule has 5 heteroatoms. The molecular formula is C18H17N3O2. The summed E-state index contributed by atoms with van der Waals surface area (Å²) in [5.74, 6) is 0.0503. The van der Waals surface area contributed by atoms with Crippen molar-refractivity contribution in [3.63, 3.8) is 0 Å². The summed E-state index contributed by atoms with van der Waals surface area (Å²) in [6.45, 7) is 0. The Morgan fingerprint density at radius 3 is 2.48 bits per heavy atom. The molecule has 0 aromatic heterocycles. The number of ether oxygens (including phenoxy) is 1.